The minimum Gasteiger partial charge on any atom is -0.408 e. The average molecular weight is 261 g/mol. The monoisotopic (exact) mass is 261 g/mol. The largest absolute Gasteiger partial charge is 0.417 e. The van der Waals surface area contributed by atoms with E-state index in [0.29, 0.717) is 5.58 Å². The zero-order valence-corrected chi connectivity index (χ0v) is 10.9. The normalized spacial score (nSPS) is 17.7. The van der Waals surface area contributed by atoms with Crippen LogP contribution in [0.15, 0.2) is 27.4 Å². The molecular weight excluding hydrogens is 242 g/mol. The molecule has 0 aliphatic carbocycles. The summed E-state index contributed by atoms with van der Waals surface area (Å²) in [5.41, 5.74) is 2.64. The Morgan fingerprint density at radius 3 is 3.16 bits per heavy atom. The summed E-state index contributed by atoms with van der Waals surface area (Å²) in [6.07, 6.45) is 2.20. The Hall–Kier alpha value is -1.59. The smallest absolute Gasteiger partial charge is 0.408 e. The van der Waals surface area contributed by atoms with E-state index in [4.69, 9.17) is 4.42 Å². The summed E-state index contributed by atoms with van der Waals surface area (Å²) in [4.78, 5) is 16.2. The minimum absolute atomic E-state index is 0.384. The second-order valence-corrected chi connectivity index (χ2v) is 5.04. The second-order valence-electron chi connectivity index (χ2n) is 5.04. The van der Waals surface area contributed by atoms with Gasteiger partial charge in [0.05, 0.1) is 5.52 Å². The quantitative estimate of drug-likeness (QED) is 0.864. The maximum atomic E-state index is 11.1. The van der Waals surface area contributed by atoms with Crippen molar-refractivity contribution in [2.24, 2.45) is 0 Å². The van der Waals surface area contributed by atoms with Crippen molar-refractivity contribution in [3.05, 3.63) is 34.3 Å². The van der Waals surface area contributed by atoms with Crippen LogP contribution in [0.25, 0.3) is 11.1 Å². The fourth-order valence-corrected chi connectivity index (χ4v) is 2.56. The number of aromatic amines is 1. The maximum absolute atomic E-state index is 11.1. The molecule has 1 aliphatic heterocycles. The molecule has 5 heteroatoms. The number of rotatable bonds is 3. The van der Waals surface area contributed by atoms with Gasteiger partial charge in [0.1, 0.15) is 0 Å². The molecule has 0 saturated carbocycles. The van der Waals surface area contributed by atoms with Crippen LogP contribution in [0.3, 0.4) is 0 Å². The minimum atomic E-state index is -0.384. The molecule has 0 spiro atoms. The first-order valence-electron chi connectivity index (χ1n) is 6.86. The predicted molar refractivity (Wildman–Crippen MR) is 74.5 cm³/mol. The van der Waals surface area contributed by atoms with Crippen molar-refractivity contribution in [1.82, 2.24) is 15.2 Å². The van der Waals surface area contributed by atoms with E-state index in [1.807, 2.05) is 12.1 Å². The van der Waals surface area contributed by atoms with Crippen LogP contribution in [0.1, 0.15) is 12.0 Å². The number of benzene rings is 1. The predicted octanol–water partition coefficient (Wildman–Crippen LogP) is 0.959. The Bertz CT molecular complexity index is 594. The van der Waals surface area contributed by atoms with Gasteiger partial charge in [-0.3, -0.25) is 4.98 Å². The number of nitrogens with zero attached hydrogens (tertiary/aromatic N) is 1. The van der Waals surface area contributed by atoms with Crippen LogP contribution in [0.4, 0.5) is 0 Å². The number of fused-ring (bicyclic) bond motifs is 1. The summed E-state index contributed by atoms with van der Waals surface area (Å²) in [6, 6.07) is 5.94. The molecule has 102 valence electrons. The Kier molecular flexibility index (Phi) is 3.66. The number of nitrogens with one attached hydrogen (secondary N) is 2. The number of hydrogen-bond donors (Lipinski definition) is 2. The van der Waals surface area contributed by atoms with Crippen LogP contribution in [-0.4, -0.2) is 42.6 Å². The van der Waals surface area contributed by atoms with Crippen LogP contribution in [0, 0.1) is 0 Å². The highest BCUT2D eigenvalue weighted by Gasteiger charge is 2.09. The van der Waals surface area contributed by atoms with Gasteiger partial charge in [-0.05, 0) is 43.6 Å². The highest BCUT2D eigenvalue weighted by Crippen LogP contribution is 2.13. The van der Waals surface area contributed by atoms with Crippen LogP contribution in [-0.2, 0) is 6.42 Å². The summed E-state index contributed by atoms with van der Waals surface area (Å²) in [5.74, 6) is -0.384. The summed E-state index contributed by atoms with van der Waals surface area (Å²) < 4.78 is 5.09. The Morgan fingerprint density at radius 2 is 2.21 bits per heavy atom. The number of H-pyrrole nitrogens is 1. The van der Waals surface area contributed by atoms with E-state index in [1.54, 1.807) is 0 Å². The summed E-state index contributed by atoms with van der Waals surface area (Å²) in [5, 5.41) is 3.41. The lowest BCUT2D eigenvalue weighted by Crippen LogP contribution is -2.30. The number of hydrogen-bond acceptors (Lipinski definition) is 4. The molecule has 0 radical (unpaired) electrons. The topological polar surface area (TPSA) is 61.3 Å². The van der Waals surface area contributed by atoms with E-state index >= 15 is 0 Å². The molecule has 0 bridgehead atoms. The van der Waals surface area contributed by atoms with E-state index in [1.165, 1.54) is 12.0 Å². The van der Waals surface area contributed by atoms with Crippen molar-refractivity contribution in [3.8, 4) is 0 Å². The Labute approximate surface area is 111 Å². The fourth-order valence-electron chi connectivity index (χ4n) is 2.56. The third-order valence-electron chi connectivity index (χ3n) is 3.63. The zero-order chi connectivity index (χ0) is 13.1. The first kappa shape index (κ1) is 12.4. The standard InChI is InChI=1S/C14H19N3O2/c18-14-16-12-3-2-11(10-13(12)19-14)4-8-17-7-1-5-15-6-9-17/h2-3,10,15H,1,4-9H2,(H,16,18). The molecule has 1 aromatic carbocycles. The summed E-state index contributed by atoms with van der Waals surface area (Å²) in [6.45, 7) is 5.53. The van der Waals surface area contributed by atoms with Gasteiger partial charge in [0.2, 0.25) is 0 Å². The van der Waals surface area contributed by atoms with Gasteiger partial charge < -0.3 is 14.6 Å². The van der Waals surface area contributed by atoms with Crippen molar-refractivity contribution in [2.75, 3.05) is 32.7 Å². The van der Waals surface area contributed by atoms with Gasteiger partial charge in [-0.1, -0.05) is 6.07 Å². The van der Waals surface area contributed by atoms with E-state index in [2.05, 4.69) is 21.3 Å². The van der Waals surface area contributed by atoms with Crippen molar-refractivity contribution in [3.63, 3.8) is 0 Å². The molecular formula is C14H19N3O2. The van der Waals surface area contributed by atoms with Gasteiger partial charge in [-0.2, -0.15) is 0 Å². The lowest BCUT2D eigenvalue weighted by Gasteiger charge is -2.19. The lowest BCUT2D eigenvalue weighted by molar-refractivity contribution is 0.296. The Morgan fingerprint density at radius 1 is 1.26 bits per heavy atom. The van der Waals surface area contributed by atoms with Gasteiger partial charge in [0.15, 0.2) is 5.58 Å². The molecule has 2 N–H and O–H groups in total. The highest BCUT2D eigenvalue weighted by atomic mass is 16.4. The molecule has 1 fully saturated rings. The van der Waals surface area contributed by atoms with Crippen molar-refractivity contribution < 1.29 is 4.42 Å². The van der Waals surface area contributed by atoms with E-state index < -0.39 is 0 Å². The fraction of sp³-hybridized carbons (Fsp3) is 0.500. The molecule has 1 aliphatic rings. The van der Waals surface area contributed by atoms with Gasteiger partial charge in [-0.25, -0.2) is 4.79 Å². The molecule has 3 rings (SSSR count). The van der Waals surface area contributed by atoms with Crippen molar-refractivity contribution in [2.45, 2.75) is 12.8 Å². The molecule has 1 aromatic heterocycles. The molecule has 0 atom stereocenters. The first-order valence-corrected chi connectivity index (χ1v) is 6.86. The van der Waals surface area contributed by atoms with E-state index in [0.717, 1.165) is 44.7 Å². The van der Waals surface area contributed by atoms with Gasteiger partial charge in [0, 0.05) is 19.6 Å². The van der Waals surface area contributed by atoms with E-state index in [9.17, 15) is 4.79 Å². The molecule has 0 unspecified atom stereocenters. The second kappa shape index (κ2) is 5.59. The average Bonchev–Trinajstić information content (AvgIpc) is 2.62. The van der Waals surface area contributed by atoms with Crippen molar-refractivity contribution >= 4 is 11.1 Å². The third kappa shape index (κ3) is 3.05. The number of aromatic nitrogens is 1. The molecule has 2 aromatic rings. The number of oxazole rings is 1. The zero-order valence-electron chi connectivity index (χ0n) is 10.9. The Balaban J connectivity index is 1.65. The van der Waals surface area contributed by atoms with Crippen LogP contribution < -0.4 is 11.1 Å². The molecule has 1 saturated heterocycles. The lowest BCUT2D eigenvalue weighted by atomic mass is 10.1. The van der Waals surface area contributed by atoms with Gasteiger partial charge >= 0.3 is 5.76 Å². The van der Waals surface area contributed by atoms with Crippen LogP contribution in [0.2, 0.25) is 0 Å². The van der Waals surface area contributed by atoms with Crippen LogP contribution >= 0.6 is 0 Å². The first-order chi connectivity index (χ1) is 9.31. The van der Waals surface area contributed by atoms with Crippen molar-refractivity contribution in [1.29, 1.82) is 0 Å². The highest BCUT2D eigenvalue weighted by molar-refractivity contribution is 5.72. The third-order valence-corrected chi connectivity index (χ3v) is 3.63. The summed E-state index contributed by atoms with van der Waals surface area (Å²) in [7, 11) is 0. The van der Waals surface area contributed by atoms with Gasteiger partial charge in [0.25, 0.3) is 0 Å². The maximum Gasteiger partial charge on any atom is 0.417 e. The SMILES string of the molecule is O=c1[nH]c2ccc(CCN3CCCNCC3)cc2o1. The summed E-state index contributed by atoms with van der Waals surface area (Å²) >= 11 is 0. The van der Waals surface area contributed by atoms with Crippen LogP contribution in [0.5, 0.6) is 0 Å². The van der Waals surface area contributed by atoms with E-state index in [-0.39, 0.29) is 5.76 Å². The molecule has 2 heterocycles. The van der Waals surface area contributed by atoms with Gasteiger partial charge in [-0.15, -0.1) is 0 Å². The molecule has 5 nitrogen and oxygen atoms in total. The molecule has 19 heavy (non-hydrogen) atoms. The molecule has 0 amide bonds.